The third-order valence-corrected chi connectivity index (χ3v) is 5.59. The molecule has 1 fully saturated rings. The van der Waals surface area contributed by atoms with E-state index < -0.39 is 6.10 Å². The van der Waals surface area contributed by atoms with Gasteiger partial charge < -0.3 is 24.8 Å². The summed E-state index contributed by atoms with van der Waals surface area (Å²) in [6.07, 6.45) is 2.19. The third kappa shape index (κ3) is 5.24. The zero-order valence-corrected chi connectivity index (χ0v) is 19.0. The van der Waals surface area contributed by atoms with E-state index in [9.17, 15) is 15.2 Å². The fraction of sp³-hybridized carbons (Fsp3) is 0.280. The number of benzene rings is 2. The van der Waals surface area contributed by atoms with Gasteiger partial charge >= 0.3 is 6.03 Å². The second kappa shape index (κ2) is 10.2. The molecule has 1 aliphatic heterocycles. The van der Waals surface area contributed by atoms with E-state index in [1.54, 1.807) is 42.5 Å². The van der Waals surface area contributed by atoms with Gasteiger partial charge in [-0.2, -0.15) is 5.26 Å². The Morgan fingerprint density at radius 3 is 2.79 bits per heavy atom. The molecule has 0 bridgehead atoms. The van der Waals surface area contributed by atoms with Crippen molar-refractivity contribution in [1.29, 1.82) is 5.26 Å². The second-order valence-electron chi connectivity index (χ2n) is 7.95. The summed E-state index contributed by atoms with van der Waals surface area (Å²) in [4.78, 5) is 23.2. The normalized spacial score (nSPS) is 15.0. The lowest BCUT2D eigenvalue weighted by Gasteiger charge is -2.17. The Morgan fingerprint density at radius 1 is 1.24 bits per heavy atom. The number of aliphatic hydroxyl groups is 1. The van der Waals surface area contributed by atoms with Crippen LogP contribution in [0.4, 0.5) is 10.5 Å². The van der Waals surface area contributed by atoms with Gasteiger partial charge in [0.05, 0.1) is 31.6 Å². The minimum absolute atomic E-state index is 0.262. The Bertz CT molecular complexity index is 1240. The maximum Gasteiger partial charge on any atom is 0.321 e. The summed E-state index contributed by atoms with van der Waals surface area (Å²) in [7, 11) is 3.09. The number of nitriles is 1. The van der Waals surface area contributed by atoms with Crippen molar-refractivity contribution in [1.82, 2.24) is 14.9 Å². The first-order valence-corrected chi connectivity index (χ1v) is 10.8. The standard InChI is InChI=1S/C25H25N5O4/c1-33-21-10-16(9-19(13-21)28-25(32)30-8-6-20(31)15-30)11-24-27-7-5-22(29-24)17-3-4-23(34-2)18(12-17)14-26/h3-5,7,9-10,12-13,20,31H,6,8,11,15H2,1-2H3,(H,28,32)/t20-/m0/s1. The highest BCUT2D eigenvalue weighted by Crippen LogP contribution is 2.26. The summed E-state index contributed by atoms with van der Waals surface area (Å²) in [5.74, 6) is 1.69. The molecule has 2 N–H and O–H groups in total. The number of rotatable bonds is 6. The molecule has 0 aliphatic carbocycles. The van der Waals surface area contributed by atoms with Crippen LogP contribution in [0, 0.1) is 11.3 Å². The second-order valence-corrected chi connectivity index (χ2v) is 7.95. The summed E-state index contributed by atoms with van der Waals surface area (Å²) in [5.41, 5.74) is 3.35. The molecule has 2 aromatic carbocycles. The van der Waals surface area contributed by atoms with Crippen molar-refractivity contribution in [2.45, 2.75) is 18.9 Å². The number of methoxy groups -OCH3 is 2. The Hall–Kier alpha value is -4.16. The number of carbonyl (C=O) groups excluding carboxylic acids is 1. The first-order valence-electron chi connectivity index (χ1n) is 10.8. The third-order valence-electron chi connectivity index (χ3n) is 5.59. The minimum Gasteiger partial charge on any atom is -0.497 e. The van der Waals surface area contributed by atoms with Crippen molar-refractivity contribution in [3.8, 4) is 28.8 Å². The van der Waals surface area contributed by atoms with Gasteiger partial charge in [-0.25, -0.2) is 14.8 Å². The van der Waals surface area contributed by atoms with Crippen LogP contribution in [0.5, 0.6) is 11.5 Å². The monoisotopic (exact) mass is 459 g/mol. The average molecular weight is 460 g/mol. The summed E-state index contributed by atoms with van der Waals surface area (Å²) >= 11 is 0. The number of anilines is 1. The van der Waals surface area contributed by atoms with Gasteiger partial charge in [-0.3, -0.25) is 0 Å². The molecule has 3 aromatic rings. The summed E-state index contributed by atoms with van der Waals surface area (Å²) < 4.78 is 10.6. The first-order chi connectivity index (χ1) is 16.5. The molecule has 1 aromatic heterocycles. The maximum absolute atomic E-state index is 12.5. The predicted octanol–water partition coefficient (Wildman–Crippen LogP) is 3.22. The van der Waals surface area contributed by atoms with E-state index in [0.29, 0.717) is 60.2 Å². The number of nitrogens with one attached hydrogen (secondary N) is 1. The van der Waals surface area contributed by atoms with E-state index in [4.69, 9.17) is 9.47 Å². The quantitative estimate of drug-likeness (QED) is 0.581. The van der Waals surface area contributed by atoms with Gasteiger partial charge in [0.1, 0.15) is 23.4 Å². The zero-order chi connectivity index (χ0) is 24.1. The van der Waals surface area contributed by atoms with E-state index in [1.807, 2.05) is 18.2 Å². The molecular formula is C25H25N5O4. The fourth-order valence-corrected chi connectivity index (χ4v) is 3.86. The Balaban J connectivity index is 1.55. The van der Waals surface area contributed by atoms with Crippen molar-refractivity contribution in [2.24, 2.45) is 0 Å². The van der Waals surface area contributed by atoms with Gasteiger partial charge in [0.25, 0.3) is 0 Å². The minimum atomic E-state index is -0.481. The van der Waals surface area contributed by atoms with Crippen LogP contribution >= 0.6 is 0 Å². The smallest absolute Gasteiger partial charge is 0.321 e. The Morgan fingerprint density at radius 2 is 2.09 bits per heavy atom. The van der Waals surface area contributed by atoms with Crippen LogP contribution in [0.2, 0.25) is 0 Å². The van der Waals surface area contributed by atoms with Crippen molar-refractivity contribution in [3.63, 3.8) is 0 Å². The van der Waals surface area contributed by atoms with Crippen LogP contribution in [-0.4, -0.2) is 59.4 Å². The number of hydrogen-bond donors (Lipinski definition) is 2. The largest absolute Gasteiger partial charge is 0.497 e. The maximum atomic E-state index is 12.5. The summed E-state index contributed by atoms with van der Waals surface area (Å²) in [6.45, 7) is 0.839. The molecule has 2 amide bonds. The molecule has 0 unspecified atom stereocenters. The van der Waals surface area contributed by atoms with E-state index in [2.05, 4.69) is 21.4 Å². The lowest BCUT2D eigenvalue weighted by molar-refractivity contribution is 0.176. The molecule has 1 atom stereocenters. The highest BCUT2D eigenvalue weighted by Gasteiger charge is 2.24. The lowest BCUT2D eigenvalue weighted by Crippen LogP contribution is -2.33. The molecule has 0 saturated carbocycles. The van der Waals surface area contributed by atoms with Gasteiger partial charge in [-0.15, -0.1) is 0 Å². The number of ether oxygens (including phenoxy) is 2. The van der Waals surface area contributed by atoms with Crippen LogP contribution in [-0.2, 0) is 6.42 Å². The summed E-state index contributed by atoms with van der Waals surface area (Å²) in [6, 6.07) is 14.4. The Kier molecular flexibility index (Phi) is 6.90. The molecule has 34 heavy (non-hydrogen) atoms. The highest BCUT2D eigenvalue weighted by atomic mass is 16.5. The molecule has 4 rings (SSSR count). The van der Waals surface area contributed by atoms with Crippen LogP contribution in [0.3, 0.4) is 0 Å². The van der Waals surface area contributed by atoms with Crippen LogP contribution < -0.4 is 14.8 Å². The molecule has 0 spiro atoms. The number of aromatic nitrogens is 2. The number of amides is 2. The molecule has 9 heteroatoms. The molecule has 1 aliphatic rings. The lowest BCUT2D eigenvalue weighted by atomic mass is 10.1. The average Bonchev–Trinajstić information content (AvgIpc) is 3.30. The van der Waals surface area contributed by atoms with Gasteiger partial charge in [-0.05, 0) is 48.4 Å². The number of likely N-dealkylation sites (tertiary alicyclic amines) is 1. The molecule has 174 valence electrons. The van der Waals surface area contributed by atoms with E-state index in [1.165, 1.54) is 7.11 Å². The number of urea groups is 1. The topological polar surface area (TPSA) is 121 Å². The van der Waals surface area contributed by atoms with Crippen molar-refractivity contribution in [3.05, 3.63) is 65.6 Å². The van der Waals surface area contributed by atoms with Gasteiger partial charge in [0.15, 0.2) is 0 Å². The van der Waals surface area contributed by atoms with Gasteiger partial charge in [-0.1, -0.05) is 0 Å². The number of nitrogens with zero attached hydrogens (tertiary/aromatic N) is 4. The SMILES string of the molecule is COc1cc(Cc2nccc(-c3ccc(OC)c(C#N)c3)n2)cc(NC(=O)N2CC[C@H](O)C2)c1. The van der Waals surface area contributed by atoms with Crippen molar-refractivity contribution < 1.29 is 19.4 Å². The van der Waals surface area contributed by atoms with Crippen molar-refractivity contribution in [2.75, 3.05) is 32.6 Å². The molecular weight excluding hydrogens is 434 g/mol. The number of β-amino-alcohol motifs (C(OH)–C–C–N with tert-alkyl or cyclic N) is 1. The molecule has 0 radical (unpaired) electrons. The number of hydrogen-bond acceptors (Lipinski definition) is 7. The van der Waals surface area contributed by atoms with Crippen LogP contribution in [0.25, 0.3) is 11.3 Å². The van der Waals surface area contributed by atoms with E-state index in [-0.39, 0.29) is 6.03 Å². The molecule has 1 saturated heterocycles. The Labute approximate surface area is 197 Å². The predicted molar refractivity (Wildman–Crippen MR) is 126 cm³/mol. The number of aliphatic hydroxyl groups excluding tert-OH is 1. The highest BCUT2D eigenvalue weighted by molar-refractivity contribution is 5.90. The van der Waals surface area contributed by atoms with Crippen molar-refractivity contribution >= 4 is 11.7 Å². The number of carbonyl (C=O) groups is 1. The summed E-state index contributed by atoms with van der Waals surface area (Å²) in [5, 5.41) is 21.9. The zero-order valence-electron chi connectivity index (χ0n) is 19.0. The van der Waals surface area contributed by atoms with Crippen LogP contribution in [0.15, 0.2) is 48.7 Å². The van der Waals surface area contributed by atoms with Gasteiger partial charge in [0.2, 0.25) is 0 Å². The fourth-order valence-electron chi connectivity index (χ4n) is 3.86. The molecule has 9 nitrogen and oxygen atoms in total. The first kappa shape index (κ1) is 23.0. The van der Waals surface area contributed by atoms with Gasteiger partial charge in [0, 0.05) is 43.0 Å². The van der Waals surface area contributed by atoms with Crippen LogP contribution in [0.1, 0.15) is 23.4 Å². The molecule has 2 heterocycles. The van der Waals surface area contributed by atoms with E-state index in [0.717, 1.165) is 11.1 Å². The van der Waals surface area contributed by atoms with E-state index >= 15 is 0 Å².